The van der Waals surface area contributed by atoms with E-state index in [0.29, 0.717) is 21.2 Å². The maximum Gasteiger partial charge on any atom is 1.00 e. The van der Waals surface area contributed by atoms with Crippen molar-refractivity contribution in [3.63, 3.8) is 0 Å². The molecule has 0 atom stereocenters. The Labute approximate surface area is 137 Å². The van der Waals surface area contributed by atoms with Gasteiger partial charge in [0, 0.05) is 10.0 Å². The molecule has 0 spiro atoms. The van der Waals surface area contributed by atoms with Crippen molar-refractivity contribution >= 4 is 23.2 Å². The van der Waals surface area contributed by atoms with Gasteiger partial charge in [0.1, 0.15) is 0 Å². The van der Waals surface area contributed by atoms with Gasteiger partial charge in [-0.2, -0.15) is 0 Å². The average Bonchev–Trinajstić information content (AvgIpc) is 2.28. The molecule has 0 saturated heterocycles. The molecule has 2 nitrogen and oxygen atoms in total. The van der Waals surface area contributed by atoms with Crippen LogP contribution in [0.1, 0.15) is 11.1 Å². The predicted octanol–water partition coefficient (Wildman–Crippen LogP) is -0.265. The minimum absolute atomic E-state index is 0. The first-order valence-corrected chi connectivity index (χ1v) is 5.73. The van der Waals surface area contributed by atoms with E-state index in [0.717, 1.165) is 0 Å². The van der Waals surface area contributed by atoms with E-state index in [4.69, 9.17) is 23.2 Å². The standard InChI is InChI=1S/C13H10Cl2O2.Na/c14-10-1-3-12(16)8(6-10)5-9-7-11(15)2-4-13(9)17;/h1-4,6-7,16-17H,5H2;/q;+1/p-2. The first kappa shape index (κ1) is 15.7. The molecule has 2 rings (SSSR count). The van der Waals surface area contributed by atoms with E-state index in [1.807, 2.05) is 0 Å². The Balaban J connectivity index is 0.00000162. The van der Waals surface area contributed by atoms with Gasteiger partial charge in [0.2, 0.25) is 0 Å². The van der Waals surface area contributed by atoms with Gasteiger partial charge in [0.25, 0.3) is 0 Å². The largest absolute Gasteiger partial charge is 1.00 e. The Bertz CT molecular complexity index is 509. The Morgan fingerprint density at radius 2 is 1.17 bits per heavy atom. The van der Waals surface area contributed by atoms with Crippen molar-refractivity contribution < 1.29 is 39.8 Å². The summed E-state index contributed by atoms with van der Waals surface area (Å²) in [6.07, 6.45) is 0.249. The van der Waals surface area contributed by atoms with Gasteiger partial charge in [-0.05, 0) is 30.7 Å². The molecule has 0 saturated carbocycles. The van der Waals surface area contributed by atoms with Crippen LogP contribution in [0.15, 0.2) is 36.4 Å². The third-order valence-electron chi connectivity index (χ3n) is 2.43. The SMILES string of the molecule is [Na+].[O-]c1ccc(Cl)cc1Cc1cc(Cl)ccc1[O-]. The van der Waals surface area contributed by atoms with E-state index < -0.39 is 0 Å². The Morgan fingerprint density at radius 1 is 0.778 bits per heavy atom. The molecule has 0 radical (unpaired) electrons. The van der Waals surface area contributed by atoms with Crippen LogP contribution >= 0.6 is 23.2 Å². The van der Waals surface area contributed by atoms with Crippen molar-refractivity contribution in [3.05, 3.63) is 57.6 Å². The number of halogens is 2. The molecule has 0 N–H and O–H groups in total. The van der Waals surface area contributed by atoms with Crippen molar-refractivity contribution in [1.29, 1.82) is 0 Å². The van der Waals surface area contributed by atoms with Gasteiger partial charge in [0.15, 0.2) is 0 Å². The normalized spacial score (nSPS) is 9.89. The van der Waals surface area contributed by atoms with Crippen molar-refractivity contribution in [2.45, 2.75) is 6.42 Å². The smallest absolute Gasteiger partial charge is 0.872 e. The molecule has 2 aromatic carbocycles. The molecular weight excluding hydrogens is 282 g/mol. The van der Waals surface area contributed by atoms with Gasteiger partial charge in [-0.15, -0.1) is 11.5 Å². The molecule has 18 heavy (non-hydrogen) atoms. The van der Waals surface area contributed by atoms with Crippen LogP contribution in [0, 0.1) is 0 Å². The van der Waals surface area contributed by atoms with E-state index in [1.165, 1.54) is 24.3 Å². The molecule has 0 aliphatic carbocycles. The summed E-state index contributed by atoms with van der Waals surface area (Å²) in [6, 6.07) is 9.00. The molecule has 0 heterocycles. The third-order valence-corrected chi connectivity index (χ3v) is 2.90. The summed E-state index contributed by atoms with van der Waals surface area (Å²) in [6.45, 7) is 0. The van der Waals surface area contributed by atoms with Crippen molar-refractivity contribution in [2.75, 3.05) is 0 Å². The molecular formula is C13H8Cl2NaO2-. The Hall–Kier alpha value is -0.380. The minimum Gasteiger partial charge on any atom is -0.872 e. The van der Waals surface area contributed by atoms with E-state index >= 15 is 0 Å². The molecule has 0 aliphatic rings. The zero-order valence-corrected chi connectivity index (χ0v) is 13.3. The molecule has 88 valence electrons. The second-order valence-electron chi connectivity index (χ2n) is 3.68. The fourth-order valence-corrected chi connectivity index (χ4v) is 1.97. The van der Waals surface area contributed by atoms with Crippen molar-refractivity contribution in [3.8, 4) is 11.5 Å². The van der Waals surface area contributed by atoms with Gasteiger partial charge >= 0.3 is 29.6 Å². The van der Waals surface area contributed by atoms with Crippen LogP contribution in [-0.4, -0.2) is 0 Å². The van der Waals surface area contributed by atoms with Crippen molar-refractivity contribution in [2.24, 2.45) is 0 Å². The molecule has 0 fully saturated rings. The second-order valence-corrected chi connectivity index (χ2v) is 4.55. The molecule has 0 unspecified atom stereocenters. The van der Waals surface area contributed by atoms with Gasteiger partial charge in [0.05, 0.1) is 0 Å². The maximum atomic E-state index is 11.6. The minimum atomic E-state index is -0.131. The fraction of sp³-hybridized carbons (Fsp3) is 0.0769. The fourth-order valence-electron chi connectivity index (χ4n) is 1.58. The molecule has 0 aromatic heterocycles. The first-order chi connectivity index (χ1) is 8.06. The van der Waals surface area contributed by atoms with Crippen LogP contribution in [-0.2, 0) is 6.42 Å². The molecule has 2 aromatic rings. The maximum absolute atomic E-state index is 11.6. The summed E-state index contributed by atoms with van der Waals surface area (Å²) < 4.78 is 0. The van der Waals surface area contributed by atoms with Crippen LogP contribution in [0.3, 0.4) is 0 Å². The van der Waals surface area contributed by atoms with Crippen LogP contribution < -0.4 is 39.8 Å². The zero-order chi connectivity index (χ0) is 12.4. The van der Waals surface area contributed by atoms with Crippen LogP contribution in [0.25, 0.3) is 0 Å². The topological polar surface area (TPSA) is 46.1 Å². The first-order valence-electron chi connectivity index (χ1n) is 4.97. The molecule has 0 bridgehead atoms. The summed E-state index contributed by atoms with van der Waals surface area (Å²) in [5.41, 5.74) is 0.994. The Kier molecular flexibility index (Phi) is 5.83. The quantitative estimate of drug-likeness (QED) is 0.715. The summed E-state index contributed by atoms with van der Waals surface area (Å²) in [5, 5.41) is 24.1. The number of hydrogen-bond acceptors (Lipinski definition) is 2. The van der Waals surface area contributed by atoms with E-state index in [2.05, 4.69) is 0 Å². The molecule has 5 heteroatoms. The number of rotatable bonds is 2. The Morgan fingerprint density at radius 3 is 1.56 bits per heavy atom. The van der Waals surface area contributed by atoms with Gasteiger partial charge < -0.3 is 10.2 Å². The summed E-state index contributed by atoms with van der Waals surface area (Å²) in [7, 11) is 0. The summed E-state index contributed by atoms with van der Waals surface area (Å²) >= 11 is 11.6. The summed E-state index contributed by atoms with van der Waals surface area (Å²) in [5.74, 6) is -0.262. The van der Waals surface area contributed by atoms with E-state index in [9.17, 15) is 10.2 Å². The predicted molar refractivity (Wildman–Crippen MR) is 64.6 cm³/mol. The summed E-state index contributed by atoms with van der Waals surface area (Å²) in [4.78, 5) is 0. The van der Waals surface area contributed by atoms with Gasteiger partial charge in [-0.25, -0.2) is 0 Å². The number of hydrogen-bond donors (Lipinski definition) is 0. The third kappa shape index (κ3) is 3.81. The number of benzene rings is 2. The van der Waals surface area contributed by atoms with Crippen LogP contribution in [0.2, 0.25) is 10.0 Å². The molecule has 0 aliphatic heterocycles. The monoisotopic (exact) mass is 289 g/mol. The molecule has 0 amide bonds. The van der Waals surface area contributed by atoms with E-state index in [-0.39, 0.29) is 47.5 Å². The van der Waals surface area contributed by atoms with Crippen molar-refractivity contribution in [1.82, 2.24) is 0 Å². The van der Waals surface area contributed by atoms with Crippen LogP contribution in [0.5, 0.6) is 11.5 Å². The van der Waals surface area contributed by atoms with E-state index in [1.54, 1.807) is 12.1 Å². The average molecular weight is 290 g/mol. The van der Waals surface area contributed by atoms with Gasteiger partial charge in [-0.1, -0.05) is 46.5 Å². The second kappa shape index (κ2) is 6.69. The van der Waals surface area contributed by atoms with Gasteiger partial charge in [-0.3, -0.25) is 0 Å². The zero-order valence-electron chi connectivity index (χ0n) is 9.74. The van der Waals surface area contributed by atoms with Crippen LogP contribution in [0.4, 0.5) is 0 Å².